The second kappa shape index (κ2) is 5.46. The summed E-state index contributed by atoms with van der Waals surface area (Å²) in [5.74, 6) is -0.688. The Balaban J connectivity index is 2.13. The molecule has 0 radical (unpaired) electrons. The van der Waals surface area contributed by atoms with Crippen LogP contribution >= 0.6 is 22.9 Å². The van der Waals surface area contributed by atoms with E-state index >= 15 is 0 Å². The molecule has 0 aliphatic carbocycles. The van der Waals surface area contributed by atoms with Crippen LogP contribution in [0.25, 0.3) is 10.1 Å². The number of fused-ring (bicyclic) bond motifs is 1. The van der Waals surface area contributed by atoms with Crippen molar-refractivity contribution in [2.45, 2.75) is 6.42 Å². The fraction of sp³-hybridized carbons (Fsp3) is 0.167. The molecule has 2 rings (SSSR count). The number of hydrogen-bond acceptors (Lipinski definition) is 3. The maximum Gasteiger partial charge on any atom is 0.261 e. The van der Waals surface area contributed by atoms with Gasteiger partial charge in [-0.15, -0.1) is 11.3 Å². The SMILES string of the molecule is C=C(F)CCNC(=O)c1cc2c(Cl)nccc2s1. The Labute approximate surface area is 112 Å². The molecule has 0 atom stereocenters. The van der Waals surface area contributed by atoms with Gasteiger partial charge in [-0.3, -0.25) is 4.79 Å². The van der Waals surface area contributed by atoms with Crippen molar-refractivity contribution >= 4 is 38.9 Å². The number of nitrogens with zero attached hydrogens (tertiary/aromatic N) is 1. The molecule has 94 valence electrons. The van der Waals surface area contributed by atoms with E-state index in [2.05, 4.69) is 16.9 Å². The summed E-state index contributed by atoms with van der Waals surface area (Å²) in [7, 11) is 0. The first-order chi connectivity index (χ1) is 8.58. The van der Waals surface area contributed by atoms with Crippen molar-refractivity contribution in [1.29, 1.82) is 0 Å². The summed E-state index contributed by atoms with van der Waals surface area (Å²) in [6, 6.07) is 3.49. The largest absolute Gasteiger partial charge is 0.351 e. The second-order valence-corrected chi connectivity index (χ2v) is 5.09. The molecule has 0 saturated carbocycles. The summed E-state index contributed by atoms with van der Waals surface area (Å²) >= 11 is 7.25. The lowest BCUT2D eigenvalue weighted by Crippen LogP contribution is -2.23. The van der Waals surface area contributed by atoms with E-state index in [9.17, 15) is 9.18 Å². The Morgan fingerprint density at radius 1 is 1.61 bits per heavy atom. The van der Waals surface area contributed by atoms with Gasteiger partial charge < -0.3 is 5.32 Å². The van der Waals surface area contributed by atoms with Crippen LogP contribution in [0.3, 0.4) is 0 Å². The van der Waals surface area contributed by atoms with Gasteiger partial charge >= 0.3 is 0 Å². The molecule has 0 aliphatic rings. The topological polar surface area (TPSA) is 42.0 Å². The van der Waals surface area contributed by atoms with Crippen molar-refractivity contribution in [3.63, 3.8) is 0 Å². The molecule has 0 unspecified atom stereocenters. The average Bonchev–Trinajstić information content (AvgIpc) is 2.74. The Morgan fingerprint density at radius 3 is 3.06 bits per heavy atom. The maximum atomic E-state index is 12.4. The molecule has 0 fully saturated rings. The Kier molecular flexibility index (Phi) is 3.93. The van der Waals surface area contributed by atoms with E-state index in [1.165, 1.54) is 11.3 Å². The summed E-state index contributed by atoms with van der Waals surface area (Å²) in [4.78, 5) is 16.3. The van der Waals surface area contributed by atoms with Crippen LogP contribution in [0, 0.1) is 0 Å². The van der Waals surface area contributed by atoms with Crippen LogP contribution in [0.2, 0.25) is 5.15 Å². The second-order valence-electron chi connectivity index (χ2n) is 3.65. The lowest BCUT2D eigenvalue weighted by Gasteiger charge is -2.00. The molecule has 1 N–H and O–H groups in total. The number of hydrogen-bond donors (Lipinski definition) is 1. The number of thiophene rings is 1. The highest BCUT2D eigenvalue weighted by atomic mass is 35.5. The van der Waals surface area contributed by atoms with Crippen molar-refractivity contribution in [2.24, 2.45) is 0 Å². The zero-order chi connectivity index (χ0) is 13.1. The van der Waals surface area contributed by atoms with Crippen molar-refractivity contribution < 1.29 is 9.18 Å². The molecular weight excluding hydrogens is 275 g/mol. The van der Waals surface area contributed by atoms with Crippen LogP contribution in [0.15, 0.2) is 30.7 Å². The lowest BCUT2D eigenvalue weighted by atomic mass is 10.3. The molecule has 0 saturated heterocycles. The normalized spacial score (nSPS) is 10.6. The number of rotatable bonds is 4. The highest BCUT2D eigenvalue weighted by molar-refractivity contribution is 7.20. The van der Waals surface area contributed by atoms with Crippen LogP contribution in [0.5, 0.6) is 0 Å². The third-order valence-electron chi connectivity index (χ3n) is 2.30. The van der Waals surface area contributed by atoms with Crippen molar-refractivity contribution in [3.05, 3.63) is 40.8 Å². The molecule has 1 amide bonds. The quantitative estimate of drug-likeness (QED) is 0.873. The first-order valence-corrected chi connectivity index (χ1v) is 6.43. The molecular formula is C12H10ClFN2OS. The zero-order valence-electron chi connectivity index (χ0n) is 9.37. The van der Waals surface area contributed by atoms with E-state index in [-0.39, 0.29) is 18.9 Å². The first kappa shape index (κ1) is 13.0. The van der Waals surface area contributed by atoms with Gasteiger partial charge in [0.15, 0.2) is 0 Å². The van der Waals surface area contributed by atoms with Gasteiger partial charge in [-0.1, -0.05) is 18.2 Å². The van der Waals surface area contributed by atoms with Crippen LogP contribution in [0.1, 0.15) is 16.1 Å². The molecule has 0 aliphatic heterocycles. The highest BCUT2D eigenvalue weighted by Gasteiger charge is 2.11. The van der Waals surface area contributed by atoms with Gasteiger partial charge in [-0.2, -0.15) is 0 Å². The zero-order valence-corrected chi connectivity index (χ0v) is 10.9. The van der Waals surface area contributed by atoms with Gasteiger partial charge in [0.2, 0.25) is 0 Å². The minimum absolute atomic E-state index is 0.124. The predicted octanol–water partition coefficient (Wildman–Crippen LogP) is 3.55. The molecule has 0 spiro atoms. The smallest absolute Gasteiger partial charge is 0.261 e. The third kappa shape index (κ3) is 2.86. The fourth-order valence-electron chi connectivity index (χ4n) is 1.44. The Morgan fingerprint density at radius 2 is 2.39 bits per heavy atom. The summed E-state index contributed by atoms with van der Waals surface area (Å²) < 4.78 is 13.3. The van der Waals surface area contributed by atoms with E-state index in [0.29, 0.717) is 10.0 Å². The summed E-state index contributed by atoms with van der Waals surface area (Å²) in [5.41, 5.74) is 0. The van der Waals surface area contributed by atoms with Gasteiger partial charge in [0.05, 0.1) is 10.7 Å². The van der Waals surface area contributed by atoms with Crippen LogP contribution < -0.4 is 5.32 Å². The van der Waals surface area contributed by atoms with E-state index < -0.39 is 5.83 Å². The number of nitrogens with one attached hydrogen (secondary N) is 1. The van der Waals surface area contributed by atoms with Gasteiger partial charge in [0, 0.05) is 29.2 Å². The van der Waals surface area contributed by atoms with Gasteiger partial charge in [0.25, 0.3) is 5.91 Å². The Bertz CT molecular complexity index is 611. The van der Waals surface area contributed by atoms with E-state index in [1.807, 2.05) is 0 Å². The minimum Gasteiger partial charge on any atom is -0.351 e. The van der Waals surface area contributed by atoms with E-state index in [4.69, 9.17) is 11.6 Å². The Hall–Kier alpha value is -1.46. The summed E-state index contributed by atoms with van der Waals surface area (Å²) in [6.45, 7) is 3.36. The molecule has 6 heteroatoms. The standard InChI is InChI=1S/C12H10ClFN2OS/c1-7(14)2-4-16-12(17)10-6-8-9(18-10)3-5-15-11(8)13/h3,5-6H,1-2,4H2,(H,16,17). The number of carbonyl (C=O) groups excluding carboxylic acids is 1. The van der Waals surface area contributed by atoms with Crippen LogP contribution in [-0.4, -0.2) is 17.4 Å². The number of aromatic nitrogens is 1. The monoisotopic (exact) mass is 284 g/mol. The number of halogens is 2. The molecule has 0 bridgehead atoms. The first-order valence-electron chi connectivity index (χ1n) is 5.23. The summed E-state index contributed by atoms with van der Waals surface area (Å²) in [5, 5.41) is 3.75. The molecule has 3 nitrogen and oxygen atoms in total. The van der Waals surface area contributed by atoms with Crippen LogP contribution in [0.4, 0.5) is 4.39 Å². The van der Waals surface area contributed by atoms with E-state index in [1.54, 1.807) is 18.3 Å². The molecule has 2 heterocycles. The predicted molar refractivity (Wildman–Crippen MR) is 71.8 cm³/mol. The van der Waals surface area contributed by atoms with Gasteiger partial charge in [0.1, 0.15) is 5.15 Å². The van der Waals surface area contributed by atoms with Gasteiger partial charge in [-0.25, -0.2) is 9.37 Å². The van der Waals surface area contributed by atoms with Gasteiger partial charge in [-0.05, 0) is 12.1 Å². The minimum atomic E-state index is -0.445. The lowest BCUT2D eigenvalue weighted by molar-refractivity contribution is 0.0958. The highest BCUT2D eigenvalue weighted by Crippen LogP contribution is 2.29. The average molecular weight is 285 g/mol. The van der Waals surface area contributed by atoms with Crippen molar-refractivity contribution in [1.82, 2.24) is 10.3 Å². The third-order valence-corrected chi connectivity index (χ3v) is 3.70. The number of amides is 1. The van der Waals surface area contributed by atoms with E-state index in [0.717, 1.165) is 10.1 Å². The maximum absolute atomic E-state index is 12.4. The number of pyridine rings is 1. The van der Waals surface area contributed by atoms with Crippen molar-refractivity contribution in [2.75, 3.05) is 6.54 Å². The molecule has 2 aromatic heterocycles. The molecule has 2 aromatic rings. The number of carbonyl (C=O) groups is 1. The van der Waals surface area contributed by atoms with Crippen LogP contribution in [-0.2, 0) is 0 Å². The summed E-state index contributed by atoms with van der Waals surface area (Å²) in [6.07, 6.45) is 1.72. The molecule has 0 aromatic carbocycles. The molecule has 18 heavy (non-hydrogen) atoms. The fourth-order valence-corrected chi connectivity index (χ4v) is 2.68. The van der Waals surface area contributed by atoms with Crippen molar-refractivity contribution in [3.8, 4) is 0 Å².